The maximum absolute atomic E-state index is 13.1. The van der Waals surface area contributed by atoms with Crippen LogP contribution in [0.3, 0.4) is 0 Å². The number of carbonyl (C=O) groups excluding carboxylic acids is 2. The summed E-state index contributed by atoms with van der Waals surface area (Å²) in [6, 6.07) is 1.37. The number of pyridine rings is 1. The predicted octanol–water partition coefficient (Wildman–Crippen LogP) is 2.32. The number of carbonyl (C=O) groups is 2. The lowest BCUT2D eigenvalue weighted by molar-refractivity contribution is -0.131. The van der Waals surface area contributed by atoms with E-state index in [-0.39, 0.29) is 42.4 Å². The van der Waals surface area contributed by atoms with Crippen LogP contribution in [0.2, 0.25) is 0 Å². The molecule has 2 heterocycles. The van der Waals surface area contributed by atoms with Gasteiger partial charge in [-0.15, -0.1) is 0 Å². The lowest BCUT2D eigenvalue weighted by Gasteiger charge is -2.37. The monoisotopic (exact) mass is 453 g/mol. The van der Waals surface area contributed by atoms with Crippen LogP contribution in [-0.4, -0.2) is 70.6 Å². The van der Waals surface area contributed by atoms with E-state index in [2.05, 4.69) is 20.9 Å². The van der Waals surface area contributed by atoms with Crippen molar-refractivity contribution in [1.82, 2.24) is 14.8 Å². The van der Waals surface area contributed by atoms with Crippen molar-refractivity contribution in [1.29, 1.82) is 0 Å². The number of ether oxygens (including phenoxy) is 1. The van der Waals surface area contributed by atoms with Gasteiger partial charge in [-0.3, -0.25) is 9.59 Å². The van der Waals surface area contributed by atoms with Gasteiger partial charge in [0.2, 0.25) is 11.8 Å². The molecule has 1 saturated carbocycles. The van der Waals surface area contributed by atoms with Gasteiger partial charge in [0, 0.05) is 36.6 Å². The van der Waals surface area contributed by atoms with Crippen LogP contribution in [0.5, 0.6) is 5.88 Å². The molecule has 8 heteroatoms. The van der Waals surface area contributed by atoms with Crippen LogP contribution < -0.4 is 4.74 Å². The minimum absolute atomic E-state index is 0.0345. The summed E-state index contributed by atoms with van der Waals surface area (Å²) in [6.45, 7) is 4.55. The number of hydrogen-bond donors (Lipinski definition) is 1. The first-order valence-corrected chi connectivity index (χ1v) is 10.6. The fraction of sp³-hybridized carbons (Fsp3) is 0.650. The molecule has 1 aromatic rings. The minimum Gasteiger partial charge on any atom is -0.472 e. The molecule has 0 bridgehead atoms. The second kappa shape index (κ2) is 8.78. The van der Waals surface area contributed by atoms with Crippen molar-refractivity contribution in [3.05, 3.63) is 22.3 Å². The van der Waals surface area contributed by atoms with Crippen LogP contribution in [0.15, 0.2) is 16.7 Å². The summed E-state index contributed by atoms with van der Waals surface area (Å²) >= 11 is 3.36. The van der Waals surface area contributed by atoms with Gasteiger partial charge in [-0.05, 0) is 47.7 Å². The van der Waals surface area contributed by atoms with Gasteiger partial charge in [0.1, 0.15) is 11.7 Å². The Morgan fingerprint density at radius 2 is 2.21 bits per heavy atom. The van der Waals surface area contributed by atoms with E-state index in [9.17, 15) is 14.7 Å². The first-order valence-electron chi connectivity index (χ1n) is 9.78. The normalized spacial score (nSPS) is 23.3. The van der Waals surface area contributed by atoms with Gasteiger partial charge in [-0.2, -0.15) is 0 Å². The highest BCUT2D eigenvalue weighted by Crippen LogP contribution is 2.33. The average Bonchev–Trinajstić information content (AvgIpc) is 3.48. The number of halogens is 1. The second-order valence-electron chi connectivity index (χ2n) is 8.05. The van der Waals surface area contributed by atoms with Gasteiger partial charge in [0.05, 0.1) is 19.2 Å². The van der Waals surface area contributed by atoms with Crippen molar-refractivity contribution >= 4 is 27.7 Å². The lowest BCUT2D eigenvalue weighted by atomic mass is 10.00. The SMILES string of the molecule is C[C@@H]1CN([C@H](C)CO)C(=O)c2cc(Br)cnc2O[C@H]1CN(C)C(=O)CC1CC1. The Balaban J connectivity index is 1.85. The van der Waals surface area contributed by atoms with Crippen LogP contribution in [0.25, 0.3) is 0 Å². The molecule has 0 spiro atoms. The molecule has 0 radical (unpaired) electrons. The summed E-state index contributed by atoms with van der Waals surface area (Å²) in [7, 11) is 1.80. The standard InChI is InChI=1S/C20H28BrN3O4/c1-12-9-24(13(2)11-25)20(27)16-7-15(21)8-22-19(16)28-17(12)10-23(3)18(26)6-14-4-5-14/h7-8,12-14,17,25H,4-6,9-11H2,1-3H3/t12-,13-,17+/m1/s1. The largest absolute Gasteiger partial charge is 0.472 e. The van der Waals surface area contributed by atoms with E-state index < -0.39 is 0 Å². The number of nitrogens with zero attached hydrogens (tertiary/aromatic N) is 3. The van der Waals surface area contributed by atoms with Crippen molar-refractivity contribution in [2.24, 2.45) is 11.8 Å². The average molecular weight is 454 g/mol. The molecule has 7 nitrogen and oxygen atoms in total. The lowest BCUT2D eigenvalue weighted by Crippen LogP contribution is -2.50. The van der Waals surface area contributed by atoms with E-state index in [1.807, 2.05) is 13.8 Å². The number of hydrogen-bond acceptors (Lipinski definition) is 5. The molecule has 2 amide bonds. The topological polar surface area (TPSA) is 83.0 Å². The molecule has 1 fully saturated rings. The maximum Gasteiger partial charge on any atom is 0.259 e. The van der Waals surface area contributed by atoms with E-state index in [1.54, 1.807) is 29.1 Å². The van der Waals surface area contributed by atoms with E-state index >= 15 is 0 Å². The smallest absolute Gasteiger partial charge is 0.259 e. The van der Waals surface area contributed by atoms with Gasteiger partial charge < -0.3 is 19.6 Å². The van der Waals surface area contributed by atoms with Gasteiger partial charge in [-0.1, -0.05) is 6.92 Å². The Morgan fingerprint density at radius 1 is 1.50 bits per heavy atom. The molecular weight excluding hydrogens is 426 g/mol. The number of likely N-dealkylation sites (N-methyl/N-ethyl adjacent to an activating group) is 1. The third-order valence-electron chi connectivity index (χ3n) is 5.53. The first-order chi connectivity index (χ1) is 13.3. The summed E-state index contributed by atoms with van der Waals surface area (Å²) < 4.78 is 6.82. The molecule has 154 valence electrons. The molecule has 3 rings (SSSR count). The van der Waals surface area contributed by atoms with Gasteiger partial charge in [-0.25, -0.2) is 4.98 Å². The molecule has 1 aliphatic heterocycles. The first kappa shape index (κ1) is 21.0. The number of aromatic nitrogens is 1. The number of rotatable bonds is 6. The molecule has 0 unspecified atom stereocenters. The summed E-state index contributed by atoms with van der Waals surface area (Å²) in [5.41, 5.74) is 0.360. The summed E-state index contributed by atoms with van der Waals surface area (Å²) in [6.07, 6.45) is 4.15. The van der Waals surface area contributed by atoms with Crippen LogP contribution in [0.4, 0.5) is 0 Å². The highest BCUT2D eigenvalue weighted by molar-refractivity contribution is 9.10. The van der Waals surface area contributed by atoms with Crippen LogP contribution in [0.1, 0.15) is 43.5 Å². The minimum atomic E-state index is -0.324. The fourth-order valence-corrected chi connectivity index (χ4v) is 3.72. The highest BCUT2D eigenvalue weighted by atomic mass is 79.9. The third kappa shape index (κ3) is 4.84. The van der Waals surface area contributed by atoms with E-state index in [1.165, 1.54) is 0 Å². The van der Waals surface area contributed by atoms with Crippen LogP contribution >= 0.6 is 15.9 Å². The molecular formula is C20H28BrN3O4. The number of fused-ring (bicyclic) bond motifs is 1. The van der Waals surface area contributed by atoms with E-state index in [4.69, 9.17) is 4.74 Å². The zero-order valence-electron chi connectivity index (χ0n) is 16.6. The van der Waals surface area contributed by atoms with Crippen molar-refractivity contribution in [3.8, 4) is 5.88 Å². The summed E-state index contributed by atoms with van der Waals surface area (Å²) in [5, 5.41) is 9.63. The molecule has 1 aliphatic carbocycles. The summed E-state index contributed by atoms with van der Waals surface area (Å²) in [4.78, 5) is 33.2. The molecule has 1 aromatic heterocycles. The number of aliphatic hydroxyl groups is 1. The Kier molecular flexibility index (Phi) is 6.60. The molecule has 0 aromatic carbocycles. The van der Waals surface area contributed by atoms with Crippen molar-refractivity contribution in [2.75, 3.05) is 26.7 Å². The Hall–Kier alpha value is -1.67. The third-order valence-corrected chi connectivity index (χ3v) is 5.96. The second-order valence-corrected chi connectivity index (χ2v) is 8.97. The van der Waals surface area contributed by atoms with Crippen molar-refractivity contribution in [2.45, 2.75) is 45.3 Å². The Bertz CT molecular complexity index is 740. The zero-order valence-corrected chi connectivity index (χ0v) is 18.2. The van der Waals surface area contributed by atoms with Gasteiger partial charge in [0.25, 0.3) is 5.91 Å². The Morgan fingerprint density at radius 3 is 2.86 bits per heavy atom. The van der Waals surface area contributed by atoms with Crippen LogP contribution in [-0.2, 0) is 4.79 Å². The maximum atomic E-state index is 13.1. The fourth-order valence-electron chi connectivity index (χ4n) is 3.39. The quantitative estimate of drug-likeness (QED) is 0.714. The predicted molar refractivity (Wildman–Crippen MR) is 108 cm³/mol. The molecule has 2 aliphatic rings. The highest BCUT2D eigenvalue weighted by Gasteiger charge is 2.35. The summed E-state index contributed by atoms with van der Waals surface area (Å²) in [5.74, 6) is 0.675. The molecule has 0 saturated heterocycles. The molecule has 1 N–H and O–H groups in total. The molecule has 3 atom stereocenters. The van der Waals surface area contributed by atoms with E-state index in [0.717, 1.165) is 12.8 Å². The van der Waals surface area contributed by atoms with Gasteiger partial charge >= 0.3 is 0 Å². The van der Waals surface area contributed by atoms with Crippen molar-refractivity contribution < 1.29 is 19.4 Å². The Labute approximate surface area is 174 Å². The van der Waals surface area contributed by atoms with Crippen molar-refractivity contribution in [3.63, 3.8) is 0 Å². The number of amides is 2. The zero-order chi connectivity index (χ0) is 20.4. The van der Waals surface area contributed by atoms with Gasteiger partial charge in [0.15, 0.2) is 0 Å². The number of aliphatic hydroxyl groups excluding tert-OH is 1. The van der Waals surface area contributed by atoms with Crippen LogP contribution in [0, 0.1) is 11.8 Å². The van der Waals surface area contributed by atoms with E-state index in [0.29, 0.717) is 35.5 Å². The molecule has 28 heavy (non-hydrogen) atoms.